The van der Waals surface area contributed by atoms with Gasteiger partial charge in [-0.05, 0) is 69.7 Å². The number of halogens is 1. The Balaban J connectivity index is 1.51. The van der Waals surface area contributed by atoms with Gasteiger partial charge in [-0.15, -0.1) is 11.3 Å². The number of hydrogen-bond donors (Lipinski definition) is 1. The van der Waals surface area contributed by atoms with Gasteiger partial charge in [-0.3, -0.25) is 14.9 Å². The second kappa shape index (κ2) is 7.90. The number of likely N-dealkylation sites (N-methyl/N-ethyl adjacent to an activating group) is 1. The lowest BCUT2D eigenvalue weighted by atomic mass is 9.85. The van der Waals surface area contributed by atoms with E-state index >= 15 is 0 Å². The van der Waals surface area contributed by atoms with Crippen molar-refractivity contribution >= 4 is 45.6 Å². The minimum Gasteiger partial charge on any atom is -0.478 e. The van der Waals surface area contributed by atoms with E-state index in [1.807, 2.05) is 37.4 Å². The standard InChI is InChI=1S/C24H24ClN3O3S/c1-23(2)17-12-14(6-11-19(17)28(5)21(23)30)18-13-32-22(26-18)27-20(29)24(3,4)31-16-9-7-15(25)8-10-16/h6-13H,1-5H3,(H,26,27,29). The first kappa shape index (κ1) is 22.3. The molecule has 0 radical (unpaired) electrons. The molecule has 0 saturated carbocycles. The van der Waals surface area contributed by atoms with Crippen molar-refractivity contribution in [2.75, 3.05) is 17.3 Å². The van der Waals surface area contributed by atoms with Crippen LogP contribution >= 0.6 is 22.9 Å². The summed E-state index contributed by atoms with van der Waals surface area (Å²) < 4.78 is 5.85. The van der Waals surface area contributed by atoms with E-state index < -0.39 is 11.0 Å². The van der Waals surface area contributed by atoms with Crippen LogP contribution in [0.25, 0.3) is 11.3 Å². The maximum absolute atomic E-state index is 12.8. The number of amides is 2. The Hall–Kier alpha value is -2.90. The van der Waals surface area contributed by atoms with Gasteiger partial charge in [0.25, 0.3) is 5.91 Å². The Labute approximate surface area is 196 Å². The maximum Gasteiger partial charge on any atom is 0.269 e. The summed E-state index contributed by atoms with van der Waals surface area (Å²) in [5.41, 5.74) is 1.82. The molecule has 8 heteroatoms. The molecule has 6 nitrogen and oxygen atoms in total. The zero-order valence-electron chi connectivity index (χ0n) is 18.5. The molecule has 1 aromatic heterocycles. The molecule has 1 aliphatic rings. The lowest BCUT2D eigenvalue weighted by Crippen LogP contribution is -2.42. The Kier molecular flexibility index (Phi) is 5.51. The number of ether oxygens (including phenoxy) is 1. The molecule has 2 heterocycles. The summed E-state index contributed by atoms with van der Waals surface area (Å²) in [7, 11) is 1.79. The van der Waals surface area contributed by atoms with Crippen molar-refractivity contribution in [3.05, 3.63) is 58.4 Å². The van der Waals surface area contributed by atoms with Crippen molar-refractivity contribution in [2.45, 2.75) is 38.7 Å². The van der Waals surface area contributed by atoms with Gasteiger partial charge in [0.15, 0.2) is 10.7 Å². The minimum atomic E-state index is -1.11. The van der Waals surface area contributed by atoms with Crippen LogP contribution in [0.15, 0.2) is 47.8 Å². The Morgan fingerprint density at radius 2 is 1.88 bits per heavy atom. The molecule has 0 bridgehead atoms. The van der Waals surface area contributed by atoms with E-state index in [4.69, 9.17) is 16.3 Å². The van der Waals surface area contributed by atoms with E-state index in [1.165, 1.54) is 11.3 Å². The van der Waals surface area contributed by atoms with Crippen LogP contribution in [0.4, 0.5) is 10.8 Å². The fraction of sp³-hybridized carbons (Fsp3) is 0.292. The summed E-state index contributed by atoms with van der Waals surface area (Å²) in [5.74, 6) is 0.309. The first-order valence-corrected chi connectivity index (χ1v) is 11.4. The highest BCUT2D eigenvalue weighted by atomic mass is 35.5. The summed E-state index contributed by atoms with van der Waals surface area (Å²) in [4.78, 5) is 31.6. The number of carbonyl (C=O) groups excluding carboxylic acids is 2. The van der Waals surface area contributed by atoms with Crippen LogP contribution in [-0.2, 0) is 15.0 Å². The third kappa shape index (κ3) is 3.98. The highest BCUT2D eigenvalue weighted by Crippen LogP contribution is 2.42. The molecule has 2 aromatic carbocycles. The monoisotopic (exact) mass is 469 g/mol. The third-order valence-electron chi connectivity index (χ3n) is 5.62. The maximum atomic E-state index is 12.8. The van der Waals surface area contributed by atoms with Gasteiger partial charge in [0.2, 0.25) is 5.91 Å². The number of thiazole rings is 1. The SMILES string of the molecule is CN1C(=O)C(C)(C)c2cc(-c3csc(NC(=O)C(C)(C)Oc4ccc(Cl)cc4)n3)ccc21. The predicted molar refractivity (Wildman–Crippen MR) is 129 cm³/mol. The summed E-state index contributed by atoms with van der Waals surface area (Å²) in [6.45, 7) is 7.25. The van der Waals surface area contributed by atoms with Crippen molar-refractivity contribution in [2.24, 2.45) is 0 Å². The zero-order chi connectivity index (χ0) is 23.3. The molecule has 2 amide bonds. The van der Waals surface area contributed by atoms with Crippen molar-refractivity contribution in [1.29, 1.82) is 0 Å². The number of nitrogens with one attached hydrogen (secondary N) is 1. The summed E-state index contributed by atoms with van der Waals surface area (Å²) >= 11 is 7.24. The Morgan fingerprint density at radius 3 is 2.56 bits per heavy atom. The number of rotatable bonds is 5. The number of anilines is 2. The molecule has 32 heavy (non-hydrogen) atoms. The first-order valence-electron chi connectivity index (χ1n) is 10.1. The fourth-order valence-corrected chi connectivity index (χ4v) is 4.53. The van der Waals surface area contributed by atoms with Gasteiger partial charge < -0.3 is 9.64 Å². The summed E-state index contributed by atoms with van der Waals surface area (Å²) in [6, 6.07) is 12.7. The summed E-state index contributed by atoms with van der Waals surface area (Å²) in [5, 5.41) is 5.80. The molecule has 0 aliphatic carbocycles. The number of fused-ring (bicyclic) bond motifs is 1. The predicted octanol–water partition coefficient (Wildman–Crippen LogP) is 5.51. The number of carbonyl (C=O) groups is 2. The van der Waals surface area contributed by atoms with Gasteiger partial charge in [0.05, 0.1) is 11.1 Å². The van der Waals surface area contributed by atoms with Crippen LogP contribution in [0.5, 0.6) is 5.75 Å². The van der Waals surface area contributed by atoms with Crippen LogP contribution in [-0.4, -0.2) is 29.4 Å². The minimum absolute atomic E-state index is 0.0683. The van der Waals surface area contributed by atoms with Crippen molar-refractivity contribution in [3.8, 4) is 17.0 Å². The largest absolute Gasteiger partial charge is 0.478 e. The van der Waals surface area contributed by atoms with Crippen molar-refractivity contribution in [3.63, 3.8) is 0 Å². The van der Waals surface area contributed by atoms with Gasteiger partial charge in [-0.2, -0.15) is 0 Å². The summed E-state index contributed by atoms with van der Waals surface area (Å²) in [6.07, 6.45) is 0. The molecule has 166 valence electrons. The molecule has 0 saturated heterocycles. The van der Waals surface area contributed by atoms with Crippen LogP contribution in [0.3, 0.4) is 0 Å². The van der Waals surface area contributed by atoms with Gasteiger partial charge in [-0.25, -0.2) is 4.98 Å². The topological polar surface area (TPSA) is 71.5 Å². The van der Waals surface area contributed by atoms with Gasteiger partial charge in [0.1, 0.15) is 5.75 Å². The molecule has 1 aliphatic heterocycles. The van der Waals surface area contributed by atoms with E-state index in [0.717, 1.165) is 22.5 Å². The Bertz CT molecular complexity index is 1200. The lowest BCUT2D eigenvalue weighted by molar-refractivity contribution is -0.128. The average Bonchev–Trinajstić information content (AvgIpc) is 3.27. The van der Waals surface area contributed by atoms with Gasteiger partial charge in [0, 0.05) is 28.7 Å². The van der Waals surface area contributed by atoms with Crippen LogP contribution < -0.4 is 15.0 Å². The molecular formula is C24H24ClN3O3S. The third-order valence-corrected chi connectivity index (χ3v) is 6.63. The fourth-order valence-electron chi connectivity index (χ4n) is 3.69. The molecular weight excluding hydrogens is 446 g/mol. The van der Waals surface area contributed by atoms with Crippen LogP contribution in [0, 0.1) is 0 Å². The number of hydrogen-bond acceptors (Lipinski definition) is 5. The second-order valence-corrected chi connectivity index (χ2v) is 10.1. The quantitative estimate of drug-likeness (QED) is 0.534. The molecule has 1 N–H and O–H groups in total. The van der Waals surface area contributed by atoms with E-state index in [2.05, 4.69) is 10.3 Å². The number of nitrogens with zero attached hydrogens (tertiary/aromatic N) is 2. The normalized spacial score (nSPS) is 14.9. The van der Waals surface area contributed by atoms with E-state index in [0.29, 0.717) is 15.9 Å². The average molecular weight is 470 g/mol. The Morgan fingerprint density at radius 1 is 1.19 bits per heavy atom. The van der Waals surface area contributed by atoms with Gasteiger partial charge >= 0.3 is 0 Å². The molecule has 0 atom stereocenters. The number of benzene rings is 2. The lowest BCUT2D eigenvalue weighted by Gasteiger charge is -2.24. The van der Waals surface area contributed by atoms with Crippen LogP contribution in [0.2, 0.25) is 5.02 Å². The van der Waals surface area contributed by atoms with E-state index in [1.54, 1.807) is 50.1 Å². The van der Waals surface area contributed by atoms with Gasteiger partial charge in [-0.1, -0.05) is 17.7 Å². The highest BCUT2D eigenvalue weighted by Gasteiger charge is 2.42. The van der Waals surface area contributed by atoms with E-state index in [9.17, 15) is 9.59 Å². The second-order valence-electron chi connectivity index (χ2n) is 8.78. The van der Waals surface area contributed by atoms with Crippen molar-refractivity contribution < 1.29 is 14.3 Å². The zero-order valence-corrected chi connectivity index (χ0v) is 20.1. The number of aromatic nitrogens is 1. The molecule has 3 aromatic rings. The molecule has 0 spiro atoms. The molecule has 0 fully saturated rings. The first-order chi connectivity index (χ1) is 15.0. The van der Waals surface area contributed by atoms with Crippen LogP contribution in [0.1, 0.15) is 33.3 Å². The molecule has 4 rings (SSSR count). The van der Waals surface area contributed by atoms with Crippen molar-refractivity contribution in [1.82, 2.24) is 4.98 Å². The smallest absolute Gasteiger partial charge is 0.269 e. The van der Waals surface area contributed by atoms with E-state index in [-0.39, 0.29) is 11.8 Å². The molecule has 0 unspecified atom stereocenters. The highest BCUT2D eigenvalue weighted by molar-refractivity contribution is 7.14.